The average Bonchev–Trinajstić information content (AvgIpc) is 2.60. The second-order valence-electron chi connectivity index (χ2n) is 4.77. The highest BCUT2D eigenvalue weighted by molar-refractivity contribution is 6.31. The summed E-state index contributed by atoms with van der Waals surface area (Å²) in [4.78, 5) is 27.0. The summed E-state index contributed by atoms with van der Waals surface area (Å²) in [5.41, 5.74) is 0.982. The summed E-state index contributed by atoms with van der Waals surface area (Å²) < 4.78 is 5.02. The largest absolute Gasteiger partial charge is 0.494 e. The summed E-state index contributed by atoms with van der Waals surface area (Å²) in [6.07, 6.45) is 0.955. The minimum atomic E-state index is -0.566. The fourth-order valence-electron chi connectivity index (χ4n) is 1.84. The Balaban J connectivity index is 1.91. The van der Waals surface area contributed by atoms with E-state index in [9.17, 15) is 14.9 Å². The van der Waals surface area contributed by atoms with Gasteiger partial charge in [0.1, 0.15) is 18.6 Å². The van der Waals surface area contributed by atoms with Crippen molar-refractivity contribution in [3.8, 4) is 5.75 Å². The summed E-state index contributed by atoms with van der Waals surface area (Å²) in [5, 5.41) is 17.4. The van der Waals surface area contributed by atoms with E-state index in [1.807, 2.05) is 0 Å². The van der Waals surface area contributed by atoms with Crippen LogP contribution in [0.4, 0.5) is 11.4 Å². The minimum absolute atomic E-state index is 0.144. The maximum Gasteiger partial charge on any atom is 0.273 e. The first-order valence-corrected chi connectivity index (χ1v) is 7.40. The molecule has 2 aromatic rings. The molecule has 0 heterocycles. The van der Waals surface area contributed by atoms with Gasteiger partial charge in [0.05, 0.1) is 23.8 Å². The molecular formula is C16H14ClN3O5. The van der Waals surface area contributed by atoms with Crippen LogP contribution in [-0.4, -0.2) is 24.2 Å². The number of anilines is 1. The second-order valence-corrected chi connectivity index (χ2v) is 5.20. The van der Waals surface area contributed by atoms with Crippen molar-refractivity contribution in [3.05, 3.63) is 63.2 Å². The standard InChI is InChI=1S/C16H14ClN3O5/c1-24-15-8-13(20(22)23)6-7-14(15)19-16(21)9-18-25-10-11-2-4-12(17)5-3-11/h2-9H,10H2,1H3,(H,19,21)/b18-9-. The third kappa shape index (κ3) is 5.47. The molecule has 0 unspecified atom stereocenters. The summed E-state index contributed by atoms with van der Waals surface area (Å²) in [6, 6.07) is 10.8. The molecule has 0 spiro atoms. The number of amides is 1. The van der Waals surface area contributed by atoms with Crippen LogP contribution in [0.15, 0.2) is 47.6 Å². The Hall–Kier alpha value is -3.13. The zero-order chi connectivity index (χ0) is 18.2. The van der Waals surface area contributed by atoms with Crippen LogP contribution in [-0.2, 0) is 16.2 Å². The van der Waals surface area contributed by atoms with E-state index in [4.69, 9.17) is 21.2 Å². The summed E-state index contributed by atoms with van der Waals surface area (Å²) >= 11 is 5.77. The number of nitrogens with zero attached hydrogens (tertiary/aromatic N) is 2. The van der Waals surface area contributed by atoms with E-state index in [0.29, 0.717) is 5.02 Å². The number of rotatable bonds is 7. The molecule has 2 aromatic carbocycles. The summed E-state index contributed by atoms with van der Waals surface area (Å²) in [7, 11) is 1.35. The molecule has 1 N–H and O–H groups in total. The van der Waals surface area contributed by atoms with Crippen LogP contribution in [0.1, 0.15) is 5.56 Å². The highest BCUT2D eigenvalue weighted by atomic mass is 35.5. The lowest BCUT2D eigenvalue weighted by atomic mass is 10.2. The van der Waals surface area contributed by atoms with Crippen LogP contribution in [0.5, 0.6) is 5.75 Å². The number of ether oxygens (including phenoxy) is 1. The Bertz CT molecular complexity index is 793. The maximum absolute atomic E-state index is 11.8. The smallest absolute Gasteiger partial charge is 0.273 e. The molecule has 0 atom stereocenters. The van der Waals surface area contributed by atoms with E-state index >= 15 is 0 Å². The van der Waals surface area contributed by atoms with Gasteiger partial charge in [-0.05, 0) is 23.8 Å². The first-order valence-electron chi connectivity index (χ1n) is 7.03. The number of non-ortho nitro benzene ring substituents is 1. The molecule has 130 valence electrons. The molecule has 0 aliphatic carbocycles. The molecule has 0 radical (unpaired) electrons. The Morgan fingerprint density at radius 1 is 1.32 bits per heavy atom. The first kappa shape index (κ1) is 18.2. The highest BCUT2D eigenvalue weighted by Crippen LogP contribution is 2.28. The average molecular weight is 364 g/mol. The van der Waals surface area contributed by atoms with Crippen molar-refractivity contribution in [2.75, 3.05) is 12.4 Å². The molecule has 0 aromatic heterocycles. The van der Waals surface area contributed by atoms with Crippen LogP contribution in [0, 0.1) is 10.1 Å². The molecular weight excluding hydrogens is 350 g/mol. The number of nitro benzene ring substituents is 1. The predicted molar refractivity (Wildman–Crippen MR) is 93.0 cm³/mol. The van der Waals surface area contributed by atoms with E-state index in [2.05, 4.69) is 10.5 Å². The van der Waals surface area contributed by atoms with Gasteiger partial charge < -0.3 is 14.9 Å². The van der Waals surface area contributed by atoms with Gasteiger partial charge in [-0.15, -0.1) is 0 Å². The van der Waals surface area contributed by atoms with E-state index in [1.54, 1.807) is 24.3 Å². The third-order valence-electron chi connectivity index (χ3n) is 3.04. The van der Waals surface area contributed by atoms with E-state index < -0.39 is 10.8 Å². The Morgan fingerprint density at radius 3 is 2.68 bits per heavy atom. The van der Waals surface area contributed by atoms with Crippen LogP contribution in [0.3, 0.4) is 0 Å². The van der Waals surface area contributed by atoms with Gasteiger partial charge in [-0.3, -0.25) is 14.9 Å². The SMILES string of the molecule is COc1cc([N+](=O)[O-])ccc1NC(=O)/C=N\OCc1ccc(Cl)cc1. The van der Waals surface area contributed by atoms with Gasteiger partial charge in [0.15, 0.2) is 0 Å². The third-order valence-corrected chi connectivity index (χ3v) is 3.29. The number of carbonyl (C=O) groups is 1. The van der Waals surface area contributed by atoms with Crippen molar-refractivity contribution in [1.29, 1.82) is 0 Å². The van der Waals surface area contributed by atoms with Crippen molar-refractivity contribution < 1.29 is 19.3 Å². The molecule has 8 nitrogen and oxygen atoms in total. The quantitative estimate of drug-likeness (QED) is 0.461. The Kier molecular flexibility index (Phi) is 6.30. The number of benzene rings is 2. The lowest BCUT2D eigenvalue weighted by Crippen LogP contribution is -2.13. The lowest BCUT2D eigenvalue weighted by molar-refractivity contribution is -0.384. The number of hydrogen-bond donors (Lipinski definition) is 1. The fourth-order valence-corrected chi connectivity index (χ4v) is 1.97. The Labute approximate surface area is 148 Å². The van der Waals surface area contributed by atoms with Crippen molar-refractivity contribution >= 4 is 35.1 Å². The van der Waals surface area contributed by atoms with Crippen molar-refractivity contribution in [3.63, 3.8) is 0 Å². The zero-order valence-electron chi connectivity index (χ0n) is 13.1. The predicted octanol–water partition coefficient (Wildman–Crippen LogP) is 3.40. The molecule has 9 heteroatoms. The van der Waals surface area contributed by atoms with Crippen LogP contribution >= 0.6 is 11.6 Å². The second kappa shape index (κ2) is 8.65. The van der Waals surface area contributed by atoms with E-state index in [-0.39, 0.29) is 23.7 Å². The number of oxime groups is 1. The molecule has 0 aliphatic rings. The topological polar surface area (TPSA) is 103 Å². The summed E-state index contributed by atoms with van der Waals surface area (Å²) in [6.45, 7) is 0.182. The Morgan fingerprint density at radius 2 is 2.04 bits per heavy atom. The molecule has 0 fully saturated rings. The lowest BCUT2D eigenvalue weighted by Gasteiger charge is -2.08. The molecule has 0 saturated heterocycles. The zero-order valence-corrected chi connectivity index (χ0v) is 13.9. The van der Waals surface area contributed by atoms with Crippen molar-refractivity contribution in [1.82, 2.24) is 0 Å². The van der Waals surface area contributed by atoms with Crippen molar-refractivity contribution in [2.45, 2.75) is 6.61 Å². The number of methoxy groups -OCH3 is 1. The number of hydrogen-bond acceptors (Lipinski definition) is 6. The van der Waals surface area contributed by atoms with Gasteiger partial charge in [0, 0.05) is 11.1 Å². The fraction of sp³-hybridized carbons (Fsp3) is 0.125. The van der Waals surface area contributed by atoms with E-state index in [1.165, 1.54) is 25.3 Å². The normalized spacial score (nSPS) is 10.5. The number of nitro groups is 1. The maximum atomic E-state index is 11.8. The van der Waals surface area contributed by atoms with Crippen molar-refractivity contribution in [2.24, 2.45) is 5.16 Å². The number of nitrogens with one attached hydrogen (secondary N) is 1. The molecule has 0 bridgehead atoms. The summed E-state index contributed by atoms with van der Waals surface area (Å²) in [5.74, 6) is -0.402. The van der Waals surface area contributed by atoms with Gasteiger partial charge in [0.25, 0.3) is 11.6 Å². The molecule has 1 amide bonds. The number of carbonyl (C=O) groups excluding carboxylic acids is 1. The van der Waals surface area contributed by atoms with Gasteiger partial charge in [0.2, 0.25) is 0 Å². The minimum Gasteiger partial charge on any atom is -0.494 e. The van der Waals surface area contributed by atoms with Gasteiger partial charge in [-0.25, -0.2) is 0 Å². The van der Waals surface area contributed by atoms with Crippen LogP contribution in [0.25, 0.3) is 0 Å². The van der Waals surface area contributed by atoms with Crippen LogP contribution < -0.4 is 10.1 Å². The van der Waals surface area contributed by atoms with Crippen LogP contribution in [0.2, 0.25) is 5.02 Å². The number of halogens is 1. The van der Waals surface area contributed by atoms with Gasteiger partial charge in [-0.1, -0.05) is 28.9 Å². The van der Waals surface area contributed by atoms with Gasteiger partial charge in [-0.2, -0.15) is 0 Å². The molecule has 0 aliphatic heterocycles. The molecule has 2 rings (SSSR count). The molecule has 0 saturated carbocycles. The van der Waals surface area contributed by atoms with E-state index in [0.717, 1.165) is 11.8 Å². The molecule has 25 heavy (non-hydrogen) atoms. The van der Waals surface area contributed by atoms with Gasteiger partial charge >= 0.3 is 0 Å². The highest BCUT2D eigenvalue weighted by Gasteiger charge is 2.12. The monoisotopic (exact) mass is 363 g/mol. The first-order chi connectivity index (χ1) is 12.0.